The normalized spacial score (nSPS) is 10.4. The van der Waals surface area contributed by atoms with Gasteiger partial charge in [0.1, 0.15) is 17.1 Å². The van der Waals surface area contributed by atoms with E-state index in [2.05, 4.69) is 15.6 Å². The first-order valence-corrected chi connectivity index (χ1v) is 9.18. The molecule has 4 aromatic rings. The van der Waals surface area contributed by atoms with Gasteiger partial charge in [-0.05, 0) is 48.5 Å². The lowest BCUT2D eigenvalue weighted by molar-refractivity contribution is 0.0946. The number of pyridine rings is 1. The van der Waals surface area contributed by atoms with Gasteiger partial charge in [0, 0.05) is 11.8 Å². The van der Waals surface area contributed by atoms with Crippen LogP contribution < -0.4 is 16.2 Å². The van der Waals surface area contributed by atoms with Crippen LogP contribution in [0.1, 0.15) is 32.0 Å². The minimum Gasteiger partial charge on any atom is -0.467 e. The molecule has 0 aliphatic heterocycles. The first-order valence-electron chi connectivity index (χ1n) is 9.18. The Balaban J connectivity index is 1.56. The number of furan rings is 1. The molecular formula is C22H15N5O4. The Labute approximate surface area is 175 Å². The molecule has 0 saturated heterocycles. The number of hydrogen-bond acceptors (Lipinski definition) is 6. The van der Waals surface area contributed by atoms with Gasteiger partial charge in [-0.1, -0.05) is 0 Å². The van der Waals surface area contributed by atoms with Gasteiger partial charge in [0.05, 0.1) is 36.2 Å². The Morgan fingerprint density at radius 3 is 2.55 bits per heavy atom. The zero-order chi connectivity index (χ0) is 21.8. The maximum Gasteiger partial charge on any atom is 0.281 e. The van der Waals surface area contributed by atoms with E-state index in [0.29, 0.717) is 17.0 Å². The van der Waals surface area contributed by atoms with Crippen LogP contribution in [0.25, 0.3) is 5.65 Å². The van der Waals surface area contributed by atoms with Crippen LogP contribution in [-0.4, -0.2) is 21.2 Å². The number of nitrogens with one attached hydrogen (secondary N) is 2. The van der Waals surface area contributed by atoms with Gasteiger partial charge < -0.3 is 15.1 Å². The van der Waals surface area contributed by atoms with E-state index in [9.17, 15) is 14.4 Å². The van der Waals surface area contributed by atoms with Crippen LogP contribution in [0.4, 0.5) is 5.69 Å². The summed E-state index contributed by atoms with van der Waals surface area (Å²) in [5.41, 5.74) is 0.701. The number of carbonyl (C=O) groups excluding carboxylic acids is 2. The molecular weight excluding hydrogens is 398 g/mol. The molecule has 9 nitrogen and oxygen atoms in total. The smallest absolute Gasteiger partial charge is 0.281 e. The van der Waals surface area contributed by atoms with Gasteiger partial charge in [-0.2, -0.15) is 5.26 Å². The van der Waals surface area contributed by atoms with E-state index in [1.54, 1.807) is 18.2 Å². The van der Waals surface area contributed by atoms with Crippen LogP contribution in [0.3, 0.4) is 0 Å². The molecule has 9 heteroatoms. The van der Waals surface area contributed by atoms with E-state index in [-0.39, 0.29) is 23.4 Å². The molecule has 0 radical (unpaired) electrons. The standard InChI is InChI=1S/C22H15N5O4/c23-10-14-3-5-15(6-4-14)21(29)26-18-12-24-19-8-7-16(13-27(19)22(18)30)20(28)25-11-17-2-1-9-31-17/h1-9,12-13H,11H2,(H,25,28)(H,26,29). The second kappa shape index (κ2) is 8.34. The van der Waals surface area contributed by atoms with E-state index in [0.717, 1.165) is 0 Å². The Hall–Kier alpha value is -4.71. The number of hydrogen-bond donors (Lipinski definition) is 2. The third-order valence-corrected chi connectivity index (χ3v) is 4.49. The highest BCUT2D eigenvalue weighted by Crippen LogP contribution is 2.09. The van der Waals surface area contributed by atoms with Crippen molar-refractivity contribution < 1.29 is 14.0 Å². The molecule has 0 saturated carbocycles. The van der Waals surface area contributed by atoms with E-state index in [4.69, 9.17) is 9.68 Å². The van der Waals surface area contributed by atoms with Gasteiger partial charge in [0.2, 0.25) is 0 Å². The SMILES string of the molecule is N#Cc1ccc(C(=O)Nc2cnc3ccc(C(=O)NCc4ccco4)cn3c2=O)cc1. The highest BCUT2D eigenvalue weighted by atomic mass is 16.3. The number of anilines is 1. The maximum atomic E-state index is 12.8. The van der Waals surface area contributed by atoms with Gasteiger partial charge in [0.25, 0.3) is 17.4 Å². The predicted octanol–water partition coefficient (Wildman–Crippen LogP) is 2.34. The molecule has 3 aromatic heterocycles. The quantitative estimate of drug-likeness (QED) is 0.517. The van der Waals surface area contributed by atoms with Crippen LogP contribution in [0, 0.1) is 11.3 Å². The summed E-state index contributed by atoms with van der Waals surface area (Å²) in [6, 6.07) is 14.5. The monoisotopic (exact) mass is 413 g/mol. The highest BCUT2D eigenvalue weighted by Gasteiger charge is 2.13. The lowest BCUT2D eigenvalue weighted by atomic mass is 10.1. The summed E-state index contributed by atoms with van der Waals surface area (Å²) < 4.78 is 6.37. The van der Waals surface area contributed by atoms with Crippen molar-refractivity contribution >= 4 is 23.1 Å². The van der Waals surface area contributed by atoms with Crippen molar-refractivity contribution in [3.63, 3.8) is 0 Å². The second-order valence-electron chi connectivity index (χ2n) is 6.53. The van der Waals surface area contributed by atoms with Crippen molar-refractivity contribution in [3.05, 3.63) is 100.0 Å². The molecule has 152 valence electrons. The van der Waals surface area contributed by atoms with Crippen molar-refractivity contribution in [1.82, 2.24) is 14.7 Å². The summed E-state index contributed by atoms with van der Waals surface area (Å²) in [5, 5.41) is 14.1. The van der Waals surface area contributed by atoms with Crippen LogP contribution in [0.15, 0.2) is 76.4 Å². The summed E-state index contributed by atoms with van der Waals surface area (Å²) in [7, 11) is 0. The Morgan fingerprint density at radius 2 is 1.84 bits per heavy atom. The fraction of sp³-hybridized carbons (Fsp3) is 0.0455. The molecule has 4 rings (SSSR count). The fourth-order valence-corrected chi connectivity index (χ4v) is 2.87. The third-order valence-electron chi connectivity index (χ3n) is 4.49. The predicted molar refractivity (Wildman–Crippen MR) is 110 cm³/mol. The van der Waals surface area contributed by atoms with Gasteiger partial charge >= 0.3 is 0 Å². The summed E-state index contributed by atoms with van der Waals surface area (Å²) >= 11 is 0. The van der Waals surface area contributed by atoms with Crippen molar-refractivity contribution in [2.45, 2.75) is 6.54 Å². The van der Waals surface area contributed by atoms with Crippen molar-refractivity contribution in [1.29, 1.82) is 5.26 Å². The number of amides is 2. The number of carbonyl (C=O) groups is 2. The Bertz CT molecular complexity index is 1370. The second-order valence-corrected chi connectivity index (χ2v) is 6.53. The molecule has 0 atom stereocenters. The molecule has 0 spiro atoms. The van der Waals surface area contributed by atoms with Crippen molar-refractivity contribution in [3.8, 4) is 6.07 Å². The molecule has 2 amide bonds. The molecule has 1 aromatic carbocycles. The molecule has 2 N–H and O–H groups in total. The molecule has 0 fully saturated rings. The zero-order valence-corrected chi connectivity index (χ0v) is 16.0. The fourth-order valence-electron chi connectivity index (χ4n) is 2.87. The van der Waals surface area contributed by atoms with Gasteiger partial charge in [-0.15, -0.1) is 0 Å². The van der Waals surface area contributed by atoms with E-state index in [1.807, 2.05) is 6.07 Å². The van der Waals surface area contributed by atoms with Gasteiger partial charge in [-0.3, -0.25) is 18.8 Å². The number of nitriles is 1. The average molecular weight is 413 g/mol. The molecule has 0 aliphatic rings. The highest BCUT2D eigenvalue weighted by molar-refractivity contribution is 6.04. The van der Waals surface area contributed by atoms with Crippen LogP contribution in [-0.2, 0) is 6.54 Å². The molecule has 3 heterocycles. The van der Waals surface area contributed by atoms with Crippen molar-refractivity contribution in [2.75, 3.05) is 5.32 Å². The van der Waals surface area contributed by atoms with E-state index >= 15 is 0 Å². The molecule has 0 bridgehead atoms. The van der Waals surface area contributed by atoms with E-state index < -0.39 is 17.4 Å². The Kier molecular flexibility index (Phi) is 5.27. The number of benzene rings is 1. The average Bonchev–Trinajstić information content (AvgIpc) is 3.33. The number of nitrogens with zero attached hydrogens (tertiary/aromatic N) is 3. The Morgan fingerprint density at radius 1 is 1.06 bits per heavy atom. The summed E-state index contributed by atoms with van der Waals surface area (Å²) in [6.07, 6.45) is 4.13. The summed E-state index contributed by atoms with van der Waals surface area (Å²) in [4.78, 5) is 41.8. The largest absolute Gasteiger partial charge is 0.467 e. The lowest BCUT2D eigenvalue weighted by Gasteiger charge is -2.08. The lowest BCUT2D eigenvalue weighted by Crippen LogP contribution is -2.26. The summed E-state index contributed by atoms with van der Waals surface area (Å²) in [5.74, 6) is -0.311. The van der Waals surface area contributed by atoms with Crippen LogP contribution in [0.2, 0.25) is 0 Å². The third kappa shape index (κ3) is 4.18. The first-order chi connectivity index (χ1) is 15.0. The summed E-state index contributed by atoms with van der Waals surface area (Å²) in [6.45, 7) is 0.206. The number of rotatable bonds is 5. The van der Waals surface area contributed by atoms with Crippen LogP contribution in [0.5, 0.6) is 0 Å². The number of fused-ring (bicyclic) bond motifs is 1. The van der Waals surface area contributed by atoms with Crippen LogP contribution >= 0.6 is 0 Å². The molecule has 0 unspecified atom stereocenters. The minimum absolute atomic E-state index is 0.0417. The molecule has 0 aliphatic carbocycles. The zero-order valence-electron chi connectivity index (χ0n) is 16.0. The first kappa shape index (κ1) is 19.6. The minimum atomic E-state index is -0.535. The van der Waals surface area contributed by atoms with Gasteiger partial charge in [0.15, 0.2) is 0 Å². The number of aromatic nitrogens is 2. The maximum absolute atomic E-state index is 12.8. The van der Waals surface area contributed by atoms with Crippen molar-refractivity contribution in [2.24, 2.45) is 0 Å². The molecule has 31 heavy (non-hydrogen) atoms. The topological polar surface area (TPSA) is 130 Å². The van der Waals surface area contributed by atoms with E-state index in [1.165, 1.54) is 53.4 Å². The van der Waals surface area contributed by atoms with Gasteiger partial charge in [-0.25, -0.2) is 4.98 Å².